The van der Waals surface area contributed by atoms with E-state index in [2.05, 4.69) is 15.0 Å². The van der Waals surface area contributed by atoms with E-state index in [0.29, 0.717) is 15.8 Å². The number of phosphoric acid groups is 1. The third-order valence-corrected chi connectivity index (χ3v) is 5.60. The predicted molar refractivity (Wildman–Crippen MR) is 92.0 cm³/mol. The van der Waals surface area contributed by atoms with Crippen LogP contribution in [0, 0.1) is 10.6 Å². The number of nitrogens with one attached hydrogen (secondary N) is 1. The number of nitrogens with zero attached hydrogens (tertiary/aromatic N) is 3. The Morgan fingerprint density at radius 3 is 3.04 bits per heavy atom. The molecule has 146 valence electrons. The number of carbonyl (C=O) groups is 1. The van der Waals surface area contributed by atoms with Crippen LogP contribution in [0.1, 0.15) is 20.1 Å². The van der Waals surface area contributed by atoms with Crippen molar-refractivity contribution in [2.45, 2.75) is 38.4 Å². The Balaban J connectivity index is 1.75. The number of hydrogen-bond donors (Lipinski definition) is 2. The minimum atomic E-state index is -4.25. The molecule has 0 amide bonds. The van der Waals surface area contributed by atoms with Crippen molar-refractivity contribution in [3.63, 3.8) is 0 Å². The van der Waals surface area contributed by atoms with Crippen LogP contribution in [-0.4, -0.2) is 55.3 Å². The molecule has 27 heavy (non-hydrogen) atoms. The number of hydrogen-bond acceptors (Lipinski definition) is 9. The minimum Gasteiger partial charge on any atom is -0.454 e. The van der Waals surface area contributed by atoms with Crippen molar-refractivity contribution < 1.29 is 32.8 Å². The maximum Gasteiger partial charge on any atom is 0.472 e. The van der Waals surface area contributed by atoms with Gasteiger partial charge in [-0.1, -0.05) is 26.1 Å². The summed E-state index contributed by atoms with van der Waals surface area (Å²) in [5.41, 5.74) is 0.960. The summed E-state index contributed by atoms with van der Waals surface area (Å²) in [6, 6.07) is 0. The maximum absolute atomic E-state index is 12.2. The second-order valence-electron chi connectivity index (χ2n) is 6.51. The summed E-state index contributed by atoms with van der Waals surface area (Å²) in [5.74, 6) is -0.892. The first-order valence-electron chi connectivity index (χ1n) is 8.19. The topological polar surface area (TPSA) is 138 Å². The highest BCUT2D eigenvalue weighted by Gasteiger charge is 2.55. The quantitative estimate of drug-likeness (QED) is 0.430. The van der Waals surface area contributed by atoms with Crippen molar-refractivity contribution in [1.82, 2.24) is 19.5 Å². The van der Waals surface area contributed by atoms with Gasteiger partial charge in [0.15, 0.2) is 17.0 Å². The Hall–Kier alpha value is -1.69. The molecule has 5 atom stereocenters. The third-order valence-electron chi connectivity index (χ3n) is 4.32. The van der Waals surface area contributed by atoms with Gasteiger partial charge in [0.1, 0.15) is 23.4 Å². The lowest BCUT2D eigenvalue weighted by molar-refractivity contribution is -0.162. The molecular formula is C14H17N4O7PS. The molecule has 4 rings (SSSR count). The van der Waals surface area contributed by atoms with Gasteiger partial charge in [0, 0.05) is 0 Å². The van der Waals surface area contributed by atoms with E-state index in [1.807, 2.05) is 0 Å². The highest BCUT2D eigenvalue weighted by atomic mass is 32.1. The van der Waals surface area contributed by atoms with Gasteiger partial charge in [-0.15, -0.1) is 0 Å². The van der Waals surface area contributed by atoms with Crippen LogP contribution in [0.3, 0.4) is 0 Å². The minimum absolute atomic E-state index is 0.172. The van der Waals surface area contributed by atoms with Crippen molar-refractivity contribution in [3.8, 4) is 0 Å². The predicted octanol–water partition coefficient (Wildman–Crippen LogP) is 1.47. The van der Waals surface area contributed by atoms with Gasteiger partial charge >= 0.3 is 13.8 Å². The summed E-state index contributed by atoms with van der Waals surface area (Å²) >= 11 is 5.16. The van der Waals surface area contributed by atoms with Crippen LogP contribution in [0.25, 0.3) is 11.2 Å². The van der Waals surface area contributed by atoms with Gasteiger partial charge in [0.25, 0.3) is 0 Å². The normalized spacial score (nSPS) is 33.3. The zero-order chi connectivity index (χ0) is 19.3. The molecule has 0 radical (unpaired) electrons. The Morgan fingerprint density at radius 1 is 1.52 bits per heavy atom. The summed E-state index contributed by atoms with van der Waals surface area (Å²) < 4.78 is 35.2. The van der Waals surface area contributed by atoms with Crippen molar-refractivity contribution in [2.75, 3.05) is 6.61 Å². The number of aromatic amines is 1. The number of carbonyl (C=O) groups excluding carboxylic acids is 1. The number of rotatable bonds is 3. The van der Waals surface area contributed by atoms with Gasteiger partial charge in [-0.2, -0.15) is 0 Å². The summed E-state index contributed by atoms with van der Waals surface area (Å²) in [7, 11) is -4.25. The molecule has 1 unspecified atom stereocenters. The van der Waals surface area contributed by atoms with Gasteiger partial charge in [0.2, 0.25) is 0 Å². The molecule has 2 saturated heterocycles. The highest BCUT2D eigenvalue weighted by molar-refractivity contribution is 7.71. The van der Waals surface area contributed by atoms with Crippen LogP contribution in [0.4, 0.5) is 0 Å². The fourth-order valence-corrected chi connectivity index (χ4v) is 4.17. The monoisotopic (exact) mass is 416 g/mol. The van der Waals surface area contributed by atoms with E-state index >= 15 is 0 Å². The van der Waals surface area contributed by atoms with E-state index in [0.717, 1.165) is 0 Å². The largest absolute Gasteiger partial charge is 0.472 e. The lowest BCUT2D eigenvalue weighted by Gasteiger charge is -2.29. The van der Waals surface area contributed by atoms with Crippen molar-refractivity contribution in [3.05, 3.63) is 17.3 Å². The molecule has 2 fully saturated rings. The molecule has 0 aliphatic carbocycles. The molecular weight excluding hydrogens is 399 g/mol. The second kappa shape index (κ2) is 6.73. The molecule has 0 aromatic carbocycles. The molecule has 0 bridgehead atoms. The Kier molecular flexibility index (Phi) is 4.65. The SMILES string of the molecule is CC(C)C(=O)O[C@@H]1[C@@H]2OP(=O)(O)OC[C@H]2O[C@H]1n1cnc2c(=S)nc[nH]c21. The van der Waals surface area contributed by atoms with Gasteiger partial charge in [0.05, 0.1) is 25.2 Å². The number of fused-ring (bicyclic) bond motifs is 2. The number of phosphoric ester groups is 1. The van der Waals surface area contributed by atoms with E-state index in [1.54, 1.807) is 18.4 Å². The van der Waals surface area contributed by atoms with Crippen LogP contribution in [0.5, 0.6) is 0 Å². The van der Waals surface area contributed by atoms with Crippen LogP contribution in [-0.2, 0) is 27.9 Å². The summed E-state index contributed by atoms with van der Waals surface area (Å²) in [5, 5.41) is 0. The fraction of sp³-hybridized carbons (Fsp3) is 0.571. The first kappa shape index (κ1) is 18.7. The number of esters is 1. The second-order valence-corrected chi connectivity index (χ2v) is 8.31. The van der Waals surface area contributed by atoms with Crippen LogP contribution < -0.4 is 0 Å². The average molecular weight is 416 g/mol. The lowest BCUT2D eigenvalue weighted by atomic mass is 10.1. The Morgan fingerprint density at radius 2 is 2.30 bits per heavy atom. The Labute approximate surface area is 158 Å². The number of imidazole rings is 1. The van der Waals surface area contributed by atoms with Crippen molar-refractivity contribution >= 4 is 37.2 Å². The molecule has 2 aromatic heterocycles. The molecule has 11 nitrogen and oxygen atoms in total. The van der Waals surface area contributed by atoms with Gasteiger partial charge < -0.3 is 19.4 Å². The fourth-order valence-electron chi connectivity index (χ4n) is 3.01. The molecule has 0 spiro atoms. The van der Waals surface area contributed by atoms with Crippen molar-refractivity contribution in [1.29, 1.82) is 0 Å². The maximum atomic E-state index is 12.2. The number of aromatic nitrogens is 4. The smallest absolute Gasteiger partial charge is 0.454 e. The van der Waals surface area contributed by atoms with Crippen LogP contribution in [0.15, 0.2) is 12.7 Å². The first-order valence-corrected chi connectivity index (χ1v) is 10.1. The van der Waals surface area contributed by atoms with Crippen LogP contribution in [0.2, 0.25) is 0 Å². The number of ether oxygens (including phenoxy) is 2. The van der Waals surface area contributed by atoms with Crippen LogP contribution >= 0.6 is 20.0 Å². The third kappa shape index (κ3) is 3.33. The average Bonchev–Trinajstić information content (AvgIpc) is 3.16. The Bertz CT molecular complexity index is 991. The van der Waals surface area contributed by atoms with Gasteiger partial charge in [-0.05, 0) is 0 Å². The zero-order valence-corrected chi connectivity index (χ0v) is 16.1. The molecule has 0 saturated carbocycles. The van der Waals surface area contributed by atoms with E-state index in [-0.39, 0.29) is 6.61 Å². The summed E-state index contributed by atoms with van der Waals surface area (Å²) in [6.45, 7) is 3.19. The molecule has 4 heterocycles. The molecule has 2 aliphatic heterocycles. The first-order chi connectivity index (χ1) is 12.8. The zero-order valence-electron chi connectivity index (χ0n) is 14.3. The molecule has 13 heteroatoms. The summed E-state index contributed by atoms with van der Waals surface area (Å²) in [4.78, 5) is 33.0. The highest BCUT2D eigenvalue weighted by Crippen LogP contribution is 2.53. The van der Waals surface area contributed by atoms with E-state index in [9.17, 15) is 14.3 Å². The van der Waals surface area contributed by atoms with E-state index < -0.39 is 44.2 Å². The summed E-state index contributed by atoms with van der Waals surface area (Å²) in [6.07, 6.45) is -0.622. The molecule has 2 aromatic rings. The van der Waals surface area contributed by atoms with Gasteiger partial charge in [-0.25, -0.2) is 14.5 Å². The lowest BCUT2D eigenvalue weighted by Crippen LogP contribution is -2.42. The van der Waals surface area contributed by atoms with Crippen molar-refractivity contribution in [2.24, 2.45) is 5.92 Å². The standard InChI is InChI=1S/C14H17N4O7PS/c1-6(2)14(19)24-10-9-7(3-22-26(20,21)25-9)23-13(10)18-5-17-8-11(18)15-4-16-12(8)27/h4-7,9-10,13H,3H2,1-2H3,(H,20,21)(H,15,16,27)/t7-,9-,10-,13-/m1/s1. The van der Waals surface area contributed by atoms with E-state index in [4.69, 9.17) is 30.7 Å². The molecule has 2 aliphatic rings. The van der Waals surface area contributed by atoms with Gasteiger partial charge in [-0.3, -0.25) is 18.4 Å². The number of H-pyrrole nitrogens is 1. The van der Waals surface area contributed by atoms with E-state index in [1.165, 1.54) is 12.7 Å². The molecule has 2 N–H and O–H groups in total.